The summed E-state index contributed by atoms with van der Waals surface area (Å²) in [5.74, 6) is -1.67. The summed E-state index contributed by atoms with van der Waals surface area (Å²) in [7, 11) is -1.91. The maximum Gasteiger partial charge on any atom is 0.313 e. The first-order valence-electron chi connectivity index (χ1n) is 29.6. The summed E-state index contributed by atoms with van der Waals surface area (Å²) in [6, 6.07) is 3.18. The highest BCUT2D eigenvalue weighted by Gasteiger charge is 2.65. The fourth-order valence-electron chi connectivity index (χ4n) is 13.4. The molecule has 1 unspecified atom stereocenters. The van der Waals surface area contributed by atoms with Gasteiger partial charge >= 0.3 is 5.97 Å². The molecule has 14 nitrogen and oxygen atoms in total. The Kier molecular flexibility index (Phi) is 22.3. The molecular weight excluding hydrogens is 1000 g/mol. The second-order valence-corrected chi connectivity index (χ2v) is 45.7. The van der Waals surface area contributed by atoms with Gasteiger partial charge in [-0.2, -0.15) is 0 Å². The Morgan fingerprint density at radius 1 is 0.653 bits per heavy atom. The number of rotatable bonds is 26. The molecule has 0 aromatic heterocycles. The van der Waals surface area contributed by atoms with Crippen molar-refractivity contribution < 1.29 is 66.4 Å². The average Bonchev–Trinajstić information content (AvgIpc) is 3.99. The van der Waals surface area contributed by atoms with Gasteiger partial charge in [-0.25, -0.2) is 0 Å². The highest BCUT2D eigenvalue weighted by molar-refractivity contribution is 6.76. The summed E-state index contributed by atoms with van der Waals surface area (Å²) in [4.78, 5) is 13.3. The van der Waals surface area contributed by atoms with Crippen LogP contribution < -0.4 is 0 Å². The van der Waals surface area contributed by atoms with E-state index in [2.05, 4.69) is 114 Å². The highest BCUT2D eigenvalue weighted by atomic mass is 28.3. The third-order valence-corrected chi connectivity index (χ3v) is 23.4. The van der Waals surface area contributed by atoms with E-state index in [4.69, 9.17) is 61.6 Å². The molecule has 75 heavy (non-hydrogen) atoms. The smallest absolute Gasteiger partial charge is 0.313 e. The summed E-state index contributed by atoms with van der Waals surface area (Å²) in [6.07, 6.45) is 6.50. The molecule has 0 bridgehead atoms. The predicted molar refractivity (Wildman–Crippen MR) is 302 cm³/mol. The van der Waals surface area contributed by atoms with Crippen LogP contribution in [-0.4, -0.2) is 156 Å². The van der Waals surface area contributed by atoms with Gasteiger partial charge in [0.25, 0.3) is 0 Å². The van der Waals surface area contributed by atoms with Crippen LogP contribution in [0.15, 0.2) is 0 Å². The first-order valence-corrected chi connectivity index (χ1v) is 40.7. The number of carbonyl (C=O) groups is 1. The van der Waals surface area contributed by atoms with E-state index in [9.17, 15) is 4.79 Å². The summed E-state index contributed by atoms with van der Waals surface area (Å²) >= 11 is 0. The zero-order chi connectivity index (χ0) is 55.4. The van der Waals surface area contributed by atoms with Gasteiger partial charge in [0.1, 0.15) is 20.2 Å². The number of esters is 1. The molecule has 6 heterocycles. The fourth-order valence-corrected chi connectivity index (χ4v) is 15.7. The number of hydrogen-bond acceptors (Lipinski definition) is 14. The molecule has 17 heteroatoms. The Bertz CT molecular complexity index is 1780. The molecular formula is C58H110O14Si3. The lowest BCUT2D eigenvalue weighted by Gasteiger charge is -2.50. The van der Waals surface area contributed by atoms with Crippen LogP contribution in [0.4, 0.5) is 0 Å². The molecule has 6 fully saturated rings. The molecule has 0 amide bonds. The van der Waals surface area contributed by atoms with Gasteiger partial charge in [0.05, 0.1) is 66.0 Å². The highest BCUT2D eigenvalue weighted by Crippen LogP contribution is 2.57. The first kappa shape index (κ1) is 63.8. The summed E-state index contributed by atoms with van der Waals surface area (Å²) in [5.41, 5.74) is -1.11. The number of methoxy groups -OCH3 is 1. The van der Waals surface area contributed by atoms with Crippen molar-refractivity contribution >= 4 is 30.2 Å². The third kappa shape index (κ3) is 16.7. The van der Waals surface area contributed by atoms with Crippen molar-refractivity contribution in [3.63, 3.8) is 0 Å². The van der Waals surface area contributed by atoms with E-state index in [1.807, 2.05) is 14.0 Å². The minimum Gasteiger partial charge on any atom is -0.438 e. The predicted octanol–water partition coefficient (Wildman–Crippen LogP) is 12.1. The average molecular weight is 1120 g/mol. The van der Waals surface area contributed by atoms with Crippen molar-refractivity contribution in [2.45, 2.75) is 269 Å². The summed E-state index contributed by atoms with van der Waals surface area (Å²) in [5, 5.41) is 0. The number of carbonyl (C=O) groups excluding carboxylic acids is 1. The van der Waals surface area contributed by atoms with Crippen LogP contribution in [-0.2, 0) is 66.4 Å². The van der Waals surface area contributed by atoms with E-state index in [-0.39, 0.29) is 117 Å². The quantitative estimate of drug-likeness (QED) is 0.0351. The fraction of sp³-hybridized carbons (Fsp3) is 0.983. The van der Waals surface area contributed by atoms with E-state index in [1.165, 1.54) is 0 Å². The van der Waals surface area contributed by atoms with Crippen LogP contribution in [0.5, 0.6) is 0 Å². The van der Waals surface area contributed by atoms with Gasteiger partial charge in [-0.1, -0.05) is 100 Å². The van der Waals surface area contributed by atoms with Gasteiger partial charge in [-0.3, -0.25) is 4.79 Å². The van der Waals surface area contributed by atoms with Gasteiger partial charge < -0.3 is 61.6 Å². The van der Waals surface area contributed by atoms with Crippen molar-refractivity contribution in [1.82, 2.24) is 0 Å². The first-order chi connectivity index (χ1) is 34.9. The SMILES string of the molecule is CO[C@@H]1C[C@@H](C[C@H]2CC[C@H](C)[C@H]([C@@H](C)C(=O)OCOCC[Si](C)(C)C)O2)OC2(O[C@](C)([C@H]3CC[C@@](C)([C@@H]4O[C@@H]([C@H]5O[C@](COCOCC[Si](C)(C)C)(OCOCC[Si](C)(C)C)[C@H](C)C[C@@H]5C)C[C@@H]4C)O3)C[C@H]2C)[C@@H]1C. The lowest BCUT2D eigenvalue weighted by Crippen LogP contribution is -2.58. The lowest BCUT2D eigenvalue weighted by molar-refractivity contribution is -0.364. The van der Waals surface area contributed by atoms with Crippen LogP contribution >= 0.6 is 0 Å². The van der Waals surface area contributed by atoms with Gasteiger partial charge in [0, 0.05) is 81.7 Å². The molecule has 0 N–H and O–H groups in total. The maximum atomic E-state index is 13.3. The maximum absolute atomic E-state index is 13.3. The largest absolute Gasteiger partial charge is 0.438 e. The van der Waals surface area contributed by atoms with Crippen molar-refractivity contribution in [2.75, 3.05) is 53.9 Å². The molecule has 0 aromatic carbocycles. The normalized spacial score (nSPS) is 41.4. The number of ether oxygens (including phenoxy) is 13. The Morgan fingerprint density at radius 2 is 1.28 bits per heavy atom. The van der Waals surface area contributed by atoms with Crippen molar-refractivity contribution in [2.24, 2.45) is 41.4 Å². The summed E-state index contributed by atoms with van der Waals surface area (Å²) < 4.78 is 86.0. The minimum atomic E-state index is -1.27. The van der Waals surface area contributed by atoms with E-state index < -0.39 is 52.9 Å². The Labute approximate surface area is 458 Å². The van der Waals surface area contributed by atoms with Crippen LogP contribution in [0, 0.1) is 41.4 Å². The second-order valence-electron chi connectivity index (χ2n) is 28.8. The Balaban J connectivity index is 1.08. The van der Waals surface area contributed by atoms with Gasteiger partial charge in [-0.15, -0.1) is 0 Å². The van der Waals surface area contributed by atoms with Crippen molar-refractivity contribution in [3.8, 4) is 0 Å². The molecule has 19 atom stereocenters. The van der Waals surface area contributed by atoms with Gasteiger partial charge in [0.2, 0.25) is 0 Å². The van der Waals surface area contributed by atoms with Crippen LogP contribution in [0.1, 0.15) is 120 Å². The van der Waals surface area contributed by atoms with Gasteiger partial charge in [-0.05, 0) is 102 Å². The molecule has 0 radical (unpaired) electrons. The molecule has 1 spiro atoms. The minimum absolute atomic E-state index is 0.00832. The van der Waals surface area contributed by atoms with Gasteiger partial charge in [0.15, 0.2) is 18.4 Å². The molecule has 6 saturated heterocycles. The van der Waals surface area contributed by atoms with E-state index >= 15 is 0 Å². The molecule has 0 saturated carbocycles. The molecule has 6 aliphatic heterocycles. The monoisotopic (exact) mass is 1110 g/mol. The second kappa shape index (κ2) is 26.3. The Morgan fingerprint density at radius 3 is 1.91 bits per heavy atom. The van der Waals surface area contributed by atoms with E-state index in [0.29, 0.717) is 26.2 Å². The number of hydrogen-bond donors (Lipinski definition) is 0. The summed E-state index contributed by atoms with van der Waals surface area (Å²) in [6.45, 7) is 43.5. The third-order valence-electron chi connectivity index (χ3n) is 18.3. The molecule has 438 valence electrons. The molecule has 0 aliphatic carbocycles. The molecule has 6 aliphatic rings. The van der Waals surface area contributed by atoms with E-state index in [0.717, 1.165) is 69.5 Å². The topological polar surface area (TPSA) is 137 Å². The molecule has 6 rings (SSSR count). The lowest BCUT2D eigenvalue weighted by atomic mass is 9.78. The van der Waals surface area contributed by atoms with Crippen molar-refractivity contribution in [1.29, 1.82) is 0 Å². The Hall–Kier alpha value is -0.359. The zero-order valence-corrected chi connectivity index (χ0v) is 53.8. The standard InChI is InChI=1S/C58H110O14Si3/c1-39-20-21-46(67-51(39)44(6)54(59)65-37-62-25-28-74(14,15)16)32-47-33-48(60-10)45(7)58(69-47)43(5)34-56(9,72-58)50-22-23-55(8,70-50)53-41(3)31-49(68-53)52-40(2)30-42(4)57(71-52,66-38-63-26-29-75(17,18)19)35-64-36-61-24-27-73(11,12)13/h39-53H,20-38H2,1-19H3/t39-,40-,41-,42+,43+,44+,45+,46+,47+,48+,49+,50+,51+,52-,53+,55-,56-,57-,58?/m0/s1. The van der Waals surface area contributed by atoms with E-state index in [1.54, 1.807) is 0 Å². The van der Waals surface area contributed by atoms with Crippen LogP contribution in [0.2, 0.25) is 77.1 Å². The zero-order valence-electron chi connectivity index (χ0n) is 50.8. The van der Waals surface area contributed by atoms with Crippen LogP contribution in [0.3, 0.4) is 0 Å². The molecule has 0 aromatic rings. The van der Waals surface area contributed by atoms with Crippen LogP contribution in [0.25, 0.3) is 0 Å². The van der Waals surface area contributed by atoms with Crippen molar-refractivity contribution in [3.05, 3.63) is 0 Å².